The van der Waals surface area contributed by atoms with E-state index in [1.807, 2.05) is 13.8 Å². The van der Waals surface area contributed by atoms with E-state index in [1.54, 1.807) is 0 Å². The summed E-state index contributed by atoms with van der Waals surface area (Å²) in [4.78, 5) is 22.3. The summed E-state index contributed by atoms with van der Waals surface area (Å²) in [6, 6.07) is 0. The number of aromatic amines is 2. The summed E-state index contributed by atoms with van der Waals surface area (Å²) < 4.78 is 0. The highest BCUT2D eigenvalue weighted by Gasteiger charge is 2.06. The van der Waals surface area contributed by atoms with Crippen LogP contribution in [-0.4, -0.2) is 10.2 Å². The Morgan fingerprint density at radius 1 is 0.917 bits per heavy atom. The zero-order valence-electron chi connectivity index (χ0n) is 7.23. The number of hydrogen-bond acceptors (Lipinski definition) is 2. The fourth-order valence-electron chi connectivity index (χ4n) is 1.29. The Balaban J connectivity index is 3.50. The fraction of sp³-hybridized carbons (Fsp3) is 0.500. The topological polar surface area (TPSA) is 65.7 Å². The Kier molecular flexibility index (Phi) is 2.47. The third-order valence-electron chi connectivity index (χ3n) is 1.91. The standard InChI is InChI=1S/C8H12N2O2/c1-3-5-6(4-2)8(12)10-9-7(5)11/h3-4H2,1-2H3,(H,9,11)(H,10,12). The number of nitrogens with one attached hydrogen (secondary N) is 2. The van der Waals surface area contributed by atoms with Crippen molar-refractivity contribution in [2.24, 2.45) is 0 Å². The molecular formula is C8H12N2O2. The molecule has 0 unspecified atom stereocenters. The SMILES string of the molecule is CCc1c(CC)c(=O)[nH][nH]c1=O. The van der Waals surface area contributed by atoms with Crippen LogP contribution in [0, 0.1) is 0 Å². The maximum atomic E-state index is 11.2. The normalized spacial score (nSPS) is 10.2. The van der Waals surface area contributed by atoms with Crippen LogP contribution in [0.3, 0.4) is 0 Å². The number of rotatable bonds is 2. The van der Waals surface area contributed by atoms with Crippen molar-refractivity contribution in [1.29, 1.82) is 0 Å². The predicted octanol–water partition coefficient (Wildman–Crippen LogP) is 0.188. The molecule has 66 valence electrons. The minimum absolute atomic E-state index is 0.186. The molecule has 0 aromatic carbocycles. The van der Waals surface area contributed by atoms with E-state index in [4.69, 9.17) is 0 Å². The summed E-state index contributed by atoms with van der Waals surface area (Å²) >= 11 is 0. The van der Waals surface area contributed by atoms with E-state index in [0.717, 1.165) is 0 Å². The molecule has 2 N–H and O–H groups in total. The van der Waals surface area contributed by atoms with E-state index >= 15 is 0 Å². The molecule has 0 aliphatic rings. The molecule has 0 radical (unpaired) electrons. The highest BCUT2D eigenvalue weighted by molar-refractivity contribution is 5.20. The number of aromatic nitrogens is 2. The first kappa shape index (κ1) is 8.77. The molecule has 0 spiro atoms. The first-order chi connectivity index (χ1) is 5.70. The molecule has 1 rings (SSSR count). The van der Waals surface area contributed by atoms with Gasteiger partial charge in [-0.1, -0.05) is 13.8 Å². The van der Waals surface area contributed by atoms with E-state index in [2.05, 4.69) is 10.2 Å². The second-order valence-electron chi connectivity index (χ2n) is 2.57. The largest absolute Gasteiger partial charge is 0.268 e. The van der Waals surface area contributed by atoms with Crippen LogP contribution in [0.1, 0.15) is 25.0 Å². The molecule has 0 fully saturated rings. The van der Waals surface area contributed by atoms with Crippen LogP contribution < -0.4 is 11.1 Å². The first-order valence-corrected chi connectivity index (χ1v) is 4.03. The monoisotopic (exact) mass is 168 g/mol. The zero-order valence-corrected chi connectivity index (χ0v) is 7.23. The van der Waals surface area contributed by atoms with Gasteiger partial charge >= 0.3 is 0 Å². The predicted molar refractivity (Wildman–Crippen MR) is 46.4 cm³/mol. The van der Waals surface area contributed by atoms with Crippen LogP contribution in [0.2, 0.25) is 0 Å². The van der Waals surface area contributed by atoms with E-state index in [-0.39, 0.29) is 11.1 Å². The van der Waals surface area contributed by atoms with Gasteiger partial charge in [-0.2, -0.15) is 0 Å². The van der Waals surface area contributed by atoms with Crippen molar-refractivity contribution in [3.05, 3.63) is 31.8 Å². The molecule has 0 atom stereocenters. The summed E-state index contributed by atoms with van der Waals surface area (Å²) in [7, 11) is 0. The second-order valence-corrected chi connectivity index (χ2v) is 2.57. The molecule has 0 saturated heterocycles. The van der Waals surface area contributed by atoms with Crippen LogP contribution in [0.5, 0.6) is 0 Å². The van der Waals surface area contributed by atoms with Crippen molar-refractivity contribution in [2.45, 2.75) is 26.7 Å². The smallest absolute Gasteiger partial charge is 0.266 e. The maximum Gasteiger partial charge on any atom is 0.266 e. The van der Waals surface area contributed by atoms with E-state index < -0.39 is 0 Å². The molecule has 4 nitrogen and oxygen atoms in total. The summed E-state index contributed by atoms with van der Waals surface area (Å²) in [5.74, 6) is 0. The molecule has 4 heteroatoms. The highest BCUT2D eigenvalue weighted by atomic mass is 16.1. The Hall–Kier alpha value is -1.32. The molecule has 1 heterocycles. The lowest BCUT2D eigenvalue weighted by Crippen LogP contribution is -2.26. The Labute approximate surface area is 69.6 Å². The lowest BCUT2D eigenvalue weighted by molar-refractivity contribution is 0.862. The molecule has 0 aliphatic heterocycles. The second kappa shape index (κ2) is 3.38. The first-order valence-electron chi connectivity index (χ1n) is 4.03. The van der Waals surface area contributed by atoms with Crippen molar-refractivity contribution >= 4 is 0 Å². The van der Waals surface area contributed by atoms with Gasteiger partial charge in [0.25, 0.3) is 11.1 Å². The average molecular weight is 168 g/mol. The molecule has 12 heavy (non-hydrogen) atoms. The van der Waals surface area contributed by atoms with E-state index in [9.17, 15) is 9.59 Å². The molecule has 0 bridgehead atoms. The molecule has 0 saturated carbocycles. The average Bonchev–Trinajstić information content (AvgIpc) is 2.08. The molecule has 0 amide bonds. The van der Waals surface area contributed by atoms with E-state index in [0.29, 0.717) is 24.0 Å². The van der Waals surface area contributed by atoms with Gasteiger partial charge in [0, 0.05) is 11.1 Å². The fourth-order valence-corrected chi connectivity index (χ4v) is 1.29. The van der Waals surface area contributed by atoms with Gasteiger partial charge in [-0.15, -0.1) is 0 Å². The minimum Gasteiger partial charge on any atom is -0.268 e. The van der Waals surface area contributed by atoms with Crippen molar-refractivity contribution in [3.8, 4) is 0 Å². The van der Waals surface area contributed by atoms with Crippen molar-refractivity contribution < 1.29 is 0 Å². The van der Waals surface area contributed by atoms with E-state index in [1.165, 1.54) is 0 Å². The van der Waals surface area contributed by atoms with Crippen LogP contribution in [0.4, 0.5) is 0 Å². The van der Waals surface area contributed by atoms with Gasteiger partial charge in [-0.3, -0.25) is 19.8 Å². The third-order valence-corrected chi connectivity index (χ3v) is 1.91. The quantitative estimate of drug-likeness (QED) is 0.662. The van der Waals surface area contributed by atoms with Gasteiger partial charge in [0.2, 0.25) is 0 Å². The van der Waals surface area contributed by atoms with Gasteiger partial charge < -0.3 is 0 Å². The summed E-state index contributed by atoms with van der Waals surface area (Å²) in [5.41, 5.74) is 0.824. The zero-order chi connectivity index (χ0) is 9.14. The highest BCUT2D eigenvalue weighted by Crippen LogP contribution is 1.97. The minimum atomic E-state index is -0.186. The lowest BCUT2D eigenvalue weighted by atomic mass is 10.1. The molecule has 0 aliphatic carbocycles. The van der Waals surface area contributed by atoms with Crippen LogP contribution in [0.15, 0.2) is 9.59 Å². The van der Waals surface area contributed by atoms with Crippen molar-refractivity contribution in [2.75, 3.05) is 0 Å². The van der Waals surface area contributed by atoms with Crippen LogP contribution in [-0.2, 0) is 12.8 Å². The Morgan fingerprint density at radius 3 is 1.50 bits per heavy atom. The Bertz CT molecular complexity index is 338. The van der Waals surface area contributed by atoms with Crippen LogP contribution in [0.25, 0.3) is 0 Å². The lowest BCUT2D eigenvalue weighted by Gasteiger charge is -2.00. The third kappa shape index (κ3) is 1.32. The summed E-state index contributed by atoms with van der Waals surface area (Å²) in [6.07, 6.45) is 1.20. The molecular weight excluding hydrogens is 156 g/mol. The number of hydrogen-bond donors (Lipinski definition) is 2. The summed E-state index contributed by atoms with van der Waals surface area (Å²) in [5, 5.41) is 4.60. The van der Waals surface area contributed by atoms with Gasteiger partial charge in [0.05, 0.1) is 0 Å². The maximum absolute atomic E-state index is 11.2. The van der Waals surface area contributed by atoms with Gasteiger partial charge in [-0.05, 0) is 12.8 Å². The van der Waals surface area contributed by atoms with Crippen molar-refractivity contribution in [3.63, 3.8) is 0 Å². The van der Waals surface area contributed by atoms with Gasteiger partial charge in [-0.25, -0.2) is 0 Å². The Morgan fingerprint density at radius 2 is 1.25 bits per heavy atom. The van der Waals surface area contributed by atoms with Gasteiger partial charge in [0.15, 0.2) is 0 Å². The van der Waals surface area contributed by atoms with Crippen LogP contribution >= 0.6 is 0 Å². The molecule has 1 aromatic heterocycles. The molecule has 1 aromatic rings. The number of H-pyrrole nitrogens is 2. The van der Waals surface area contributed by atoms with Gasteiger partial charge in [0.1, 0.15) is 0 Å². The van der Waals surface area contributed by atoms with Crippen molar-refractivity contribution in [1.82, 2.24) is 10.2 Å². The summed E-state index contributed by atoms with van der Waals surface area (Å²) in [6.45, 7) is 3.73.